The van der Waals surface area contributed by atoms with E-state index in [1.807, 2.05) is 6.07 Å². The van der Waals surface area contributed by atoms with E-state index in [0.717, 1.165) is 47.7 Å². The standard InChI is InChI=1S/C24H25FN6O3S/c25-18-3-1-14-2-4-21(33)31-17(12-34-23(18)22(14)31)11-30-7-5-15(6-8-30)26-10-16-9-19-24(29-28-16)35-13-20(32)27-19/h1-4,9,15,17,26H,5-8,10-13H2,(H,27,32)/t17-/m1/s1. The average molecular weight is 497 g/mol. The summed E-state index contributed by atoms with van der Waals surface area (Å²) in [7, 11) is 0. The first kappa shape index (κ1) is 22.4. The third kappa shape index (κ3) is 4.39. The van der Waals surface area contributed by atoms with Crippen LogP contribution >= 0.6 is 11.8 Å². The van der Waals surface area contributed by atoms with Crippen molar-refractivity contribution in [1.82, 2.24) is 25.0 Å². The number of rotatable bonds is 5. The summed E-state index contributed by atoms with van der Waals surface area (Å²) >= 11 is 1.40. The van der Waals surface area contributed by atoms with Gasteiger partial charge in [-0.1, -0.05) is 11.8 Å². The number of anilines is 1. The molecule has 9 nitrogen and oxygen atoms in total. The van der Waals surface area contributed by atoms with Crippen molar-refractivity contribution >= 4 is 34.3 Å². The lowest BCUT2D eigenvalue weighted by Crippen LogP contribution is -2.46. The summed E-state index contributed by atoms with van der Waals surface area (Å²) in [5.74, 6) is 0.0878. The number of benzene rings is 1. The average Bonchev–Trinajstić information content (AvgIpc) is 2.87. The quantitative estimate of drug-likeness (QED) is 0.554. The van der Waals surface area contributed by atoms with Gasteiger partial charge in [-0.05, 0) is 50.2 Å². The van der Waals surface area contributed by atoms with E-state index in [-0.39, 0.29) is 29.9 Å². The Hall–Kier alpha value is -3.02. The van der Waals surface area contributed by atoms with Crippen LogP contribution in [0.1, 0.15) is 24.6 Å². The number of aromatic nitrogens is 3. The van der Waals surface area contributed by atoms with E-state index in [4.69, 9.17) is 4.74 Å². The number of ether oxygens (including phenoxy) is 1. The van der Waals surface area contributed by atoms with Crippen molar-refractivity contribution in [2.45, 2.75) is 36.5 Å². The van der Waals surface area contributed by atoms with Gasteiger partial charge in [-0.15, -0.1) is 5.10 Å². The number of fused-ring (bicyclic) bond motifs is 1. The number of carbonyl (C=O) groups excluding carboxylic acids is 1. The fourth-order valence-electron chi connectivity index (χ4n) is 5.07. The van der Waals surface area contributed by atoms with Gasteiger partial charge < -0.3 is 20.3 Å². The van der Waals surface area contributed by atoms with Gasteiger partial charge in [-0.3, -0.25) is 14.2 Å². The fraction of sp³-hybridized carbons (Fsp3) is 0.417. The molecule has 182 valence electrons. The Morgan fingerprint density at radius 2 is 2.00 bits per heavy atom. The first-order chi connectivity index (χ1) is 17.0. The number of carbonyl (C=O) groups is 1. The van der Waals surface area contributed by atoms with Crippen LogP contribution in [-0.2, 0) is 11.3 Å². The number of thioether (sulfide) groups is 1. The Balaban J connectivity index is 1.07. The summed E-state index contributed by atoms with van der Waals surface area (Å²) in [6.45, 7) is 3.31. The van der Waals surface area contributed by atoms with Crippen LogP contribution in [0, 0.1) is 5.82 Å². The molecule has 0 unspecified atom stereocenters. The van der Waals surface area contributed by atoms with Crippen LogP contribution in [0.25, 0.3) is 10.9 Å². The number of nitrogens with zero attached hydrogens (tertiary/aromatic N) is 4. The molecule has 11 heteroatoms. The van der Waals surface area contributed by atoms with Crippen LogP contribution < -0.4 is 20.9 Å². The highest BCUT2D eigenvalue weighted by Crippen LogP contribution is 2.34. The highest BCUT2D eigenvalue weighted by Gasteiger charge is 2.29. The number of likely N-dealkylation sites (tertiary alicyclic amines) is 1. The molecule has 0 bridgehead atoms. The maximum absolute atomic E-state index is 14.3. The first-order valence-corrected chi connectivity index (χ1v) is 12.8. The molecular weight excluding hydrogens is 471 g/mol. The lowest BCUT2D eigenvalue weighted by molar-refractivity contribution is -0.113. The van der Waals surface area contributed by atoms with Gasteiger partial charge in [-0.2, -0.15) is 5.10 Å². The maximum atomic E-state index is 14.3. The lowest BCUT2D eigenvalue weighted by atomic mass is 10.0. The van der Waals surface area contributed by atoms with Gasteiger partial charge in [-0.25, -0.2) is 4.39 Å². The molecule has 35 heavy (non-hydrogen) atoms. The SMILES string of the molecule is O=C1CSc2nnc(CNC3CCN(C[C@@H]4COc5c(F)ccc6ccc(=O)n4c56)CC3)cc2N1. The minimum Gasteiger partial charge on any atom is -0.486 e. The van der Waals surface area contributed by atoms with Crippen LogP contribution in [-0.4, -0.2) is 63.6 Å². The zero-order chi connectivity index (χ0) is 23.9. The normalized spacial score (nSPS) is 20.4. The van der Waals surface area contributed by atoms with Crippen LogP contribution in [0.5, 0.6) is 5.75 Å². The molecule has 1 saturated heterocycles. The summed E-state index contributed by atoms with van der Waals surface area (Å²) in [5, 5.41) is 16.5. The van der Waals surface area contributed by atoms with Gasteiger partial charge in [0.25, 0.3) is 5.56 Å². The second kappa shape index (κ2) is 9.21. The minimum absolute atomic E-state index is 0.0164. The van der Waals surface area contributed by atoms with Crippen molar-refractivity contribution in [2.75, 3.05) is 37.3 Å². The Kier molecular flexibility index (Phi) is 5.91. The predicted octanol–water partition coefficient (Wildman–Crippen LogP) is 2.16. The van der Waals surface area contributed by atoms with E-state index in [0.29, 0.717) is 30.4 Å². The zero-order valence-corrected chi connectivity index (χ0v) is 19.8. The monoisotopic (exact) mass is 496 g/mol. The molecule has 2 N–H and O–H groups in total. The Morgan fingerprint density at radius 1 is 1.17 bits per heavy atom. The molecule has 1 amide bonds. The molecule has 1 atom stereocenters. The van der Waals surface area contributed by atoms with Gasteiger partial charge in [0.2, 0.25) is 5.91 Å². The van der Waals surface area contributed by atoms with Crippen LogP contribution in [0.4, 0.5) is 10.1 Å². The van der Waals surface area contributed by atoms with E-state index in [1.165, 1.54) is 17.8 Å². The van der Waals surface area contributed by atoms with E-state index >= 15 is 0 Å². The molecule has 1 fully saturated rings. The molecule has 0 saturated carbocycles. The summed E-state index contributed by atoms with van der Waals surface area (Å²) in [6, 6.07) is 8.41. The van der Waals surface area contributed by atoms with Crippen LogP contribution in [0.2, 0.25) is 0 Å². The van der Waals surface area contributed by atoms with Crippen LogP contribution in [0.15, 0.2) is 40.2 Å². The largest absolute Gasteiger partial charge is 0.486 e. The first-order valence-electron chi connectivity index (χ1n) is 11.8. The van der Waals surface area contributed by atoms with E-state index in [1.54, 1.807) is 22.8 Å². The fourth-order valence-corrected chi connectivity index (χ4v) is 5.78. The zero-order valence-electron chi connectivity index (χ0n) is 19.0. The summed E-state index contributed by atoms with van der Waals surface area (Å²) in [5.41, 5.74) is 1.95. The van der Waals surface area contributed by atoms with Crippen molar-refractivity contribution in [3.8, 4) is 5.75 Å². The highest BCUT2D eigenvalue weighted by atomic mass is 32.2. The maximum Gasteiger partial charge on any atom is 0.251 e. The number of pyridine rings is 1. The molecule has 6 rings (SSSR count). The molecule has 5 heterocycles. The van der Waals surface area contributed by atoms with Crippen molar-refractivity contribution in [1.29, 1.82) is 0 Å². The molecule has 3 aromatic rings. The number of amides is 1. The van der Waals surface area contributed by atoms with Crippen LogP contribution in [0.3, 0.4) is 0 Å². The number of hydrogen-bond donors (Lipinski definition) is 2. The van der Waals surface area contributed by atoms with Crippen molar-refractivity contribution in [3.63, 3.8) is 0 Å². The molecule has 0 spiro atoms. The van der Waals surface area contributed by atoms with Crippen molar-refractivity contribution in [3.05, 3.63) is 52.2 Å². The molecule has 3 aliphatic rings. The van der Waals surface area contributed by atoms with E-state index < -0.39 is 5.82 Å². The van der Waals surface area contributed by atoms with E-state index in [2.05, 4.69) is 25.7 Å². The van der Waals surface area contributed by atoms with E-state index in [9.17, 15) is 14.0 Å². The third-order valence-corrected chi connectivity index (χ3v) is 7.82. The highest BCUT2D eigenvalue weighted by molar-refractivity contribution is 8.00. The second-order valence-corrected chi connectivity index (χ2v) is 10.1. The van der Waals surface area contributed by atoms with Gasteiger partial charge >= 0.3 is 0 Å². The van der Waals surface area contributed by atoms with Gasteiger partial charge in [0.15, 0.2) is 11.6 Å². The van der Waals surface area contributed by atoms with Crippen molar-refractivity contribution < 1.29 is 13.9 Å². The van der Waals surface area contributed by atoms with Gasteiger partial charge in [0.1, 0.15) is 11.6 Å². The number of hydrogen-bond acceptors (Lipinski definition) is 8. The smallest absolute Gasteiger partial charge is 0.251 e. The molecular formula is C24H25FN6O3S. The second-order valence-electron chi connectivity index (χ2n) is 9.17. The van der Waals surface area contributed by atoms with Crippen molar-refractivity contribution in [2.24, 2.45) is 0 Å². The third-order valence-electron chi connectivity index (χ3n) is 6.84. The Bertz CT molecular complexity index is 1360. The lowest BCUT2D eigenvalue weighted by Gasteiger charge is -2.36. The molecule has 2 aromatic heterocycles. The molecule has 0 radical (unpaired) electrons. The Morgan fingerprint density at radius 3 is 2.86 bits per heavy atom. The minimum atomic E-state index is -0.438. The number of nitrogens with one attached hydrogen (secondary N) is 2. The topological polar surface area (TPSA) is 101 Å². The summed E-state index contributed by atoms with van der Waals surface area (Å²) < 4.78 is 21.8. The van der Waals surface area contributed by atoms with Gasteiger partial charge in [0, 0.05) is 30.6 Å². The molecule has 0 aliphatic carbocycles. The van der Waals surface area contributed by atoms with Gasteiger partial charge in [0.05, 0.1) is 28.7 Å². The summed E-state index contributed by atoms with van der Waals surface area (Å²) in [6.07, 6.45) is 1.92. The Labute approximate surface area is 205 Å². The summed E-state index contributed by atoms with van der Waals surface area (Å²) in [4.78, 5) is 26.7. The number of piperidine rings is 1. The number of halogens is 1. The predicted molar refractivity (Wildman–Crippen MR) is 130 cm³/mol. The molecule has 3 aliphatic heterocycles. The molecule has 1 aromatic carbocycles.